The maximum absolute atomic E-state index is 11.5. The highest BCUT2D eigenvalue weighted by atomic mass is 127. The molecule has 16 heavy (non-hydrogen) atoms. The number of carbonyl (C=O) groups excluding carboxylic acids is 1. The Morgan fingerprint density at radius 2 is 1.69 bits per heavy atom. The number of nitrogens with one attached hydrogen (secondary N) is 1. The van der Waals surface area contributed by atoms with Crippen LogP contribution in [0.4, 0.5) is 10.5 Å². The molecule has 0 saturated heterocycles. The maximum Gasteiger partial charge on any atom is 0.412 e. The molecule has 0 aromatic heterocycles. The van der Waals surface area contributed by atoms with E-state index in [9.17, 15) is 4.79 Å². The molecule has 0 spiro atoms. The van der Waals surface area contributed by atoms with Crippen molar-refractivity contribution in [1.82, 2.24) is 0 Å². The second kappa shape index (κ2) is 5.52. The number of ether oxygens (including phenoxy) is 1. The summed E-state index contributed by atoms with van der Waals surface area (Å²) in [5, 5.41) is 2.71. The van der Waals surface area contributed by atoms with Gasteiger partial charge in [0.1, 0.15) is 5.60 Å². The Kier molecular flexibility index (Phi) is 4.84. The van der Waals surface area contributed by atoms with Gasteiger partial charge in [0.05, 0.1) is 0 Å². The van der Waals surface area contributed by atoms with E-state index >= 15 is 0 Å². The van der Waals surface area contributed by atoms with Crippen molar-refractivity contribution in [2.75, 3.05) is 5.32 Å². The van der Waals surface area contributed by atoms with Crippen molar-refractivity contribution in [3.05, 3.63) is 25.3 Å². The van der Waals surface area contributed by atoms with E-state index in [0.717, 1.165) is 12.8 Å². The van der Waals surface area contributed by atoms with E-state index in [4.69, 9.17) is 4.74 Å². The number of hydrogen-bond donors (Lipinski definition) is 1. The van der Waals surface area contributed by atoms with Gasteiger partial charge in [0.25, 0.3) is 0 Å². The molecular formula is C11H13I2NO2. The van der Waals surface area contributed by atoms with Crippen molar-refractivity contribution in [3.63, 3.8) is 0 Å². The monoisotopic (exact) mass is 445 g/mol. The van der Waals surface area contributed by atoms with Gasteiger partial charge in [-0.2, -0.15) is 0 Å². The standard InChI is InChI=1S/C11H13I2NO2/c1-11(2,3)16-10(15)14-9-5-7(12)4-8(13)6-9/h4-6H,1-3H3,(H,14,15). The molecule has 3 nitrogen and oxygen atoms in total. The van der Waals surface area contributed by atoms with Gasteiger partial charge in [-0.15, -0.1) is 0 Å². The second-order valence-electron chi connectivity index (χ2n) is 4.29. The van der Waals surface area contributed by atoms with E-state index in [1.165, 1.54) is 0 Å². The molecule has 0 aliphatic rings. The first-order valence-electron chi connectivity index (χ1n) is 4.72. The molecule has 1 aromatic rings. The molecule has 1 N–H and O–H groups in total. The Bertz CT molecular complexity index is 379. The number of carbonyl (C=O) groups is 1. The molecular weight excluding hydrogens is 432 g/mol. The fraction of sp³-hybridized carbons (Fsp3) is 0.364. The largest absolute Gasteiger partial charge is 0.444 e. The lowest BCUT2D eigenvalue weighted by Crippen LogP contribution is -2.27. The summed E-state index contributed by atoms with van der Waals surface area (Å²) in [5.41, 5.74) is 0.282. The summed E-state index contributed by atoms with van der Waals surface area (Å²) in [6.45, 7) is 5.52. The van der Waals surface area contributed by atoms with E-state index in [1.54, 1.807) is 0 Å². The second-order valence-corrected chi connectivity index (χ2v) is 6.78. The number of benzene rings is 1. The van der Waals surface area contributed by atoms with Gasteiger partial charge >= 0.3 is 6.09 Å². The number of anilines is 1. The zero-order valence-electron chi connectivity index (χ0n) is 9.30. The van der Waals surface area contributed by atoms with Crippen LogP contribution in [0, 0.1) is 7.14 Å². The third-order valence-electron chi connectivity index (χ3n) is 1.51. The Hall–Kier alpha value is -0.0500. The molecule has 0 fully saturated rings. The van der Waals surface area contributed by atoms with Crippen LogP contribution in [0.2, 0.25) is 0 Å². The van der Waals surface area contributed by atoms with Crippen LogP contribution in [0.5, 0.6) is 0 Å². The molecule has 1 amide bonds. The molecule has 0 bridgehead atoms. The van der Waals surface area contributed by atoms with Gasteiger partial charge in [0.2, 0.25) is 0 Å². The van der Waals surface area contributed by atoms with Crippen LogP contribution < -0.4 is 5.32 Å². The zero-order chi connectivity index (χ0) is 12.3. The highest BCUT2D eigenvalue weighted by molar-refractivity contribution is 14.1. The topological polar surface area (TPSA) is 38.3 Å². The van der Waals surface area contributed by atoms with Gasteiger partial charge in [-0.25, -0.2) is 4.79 Å². The average Bonchev–Trinajstić information content (AvgIpc) is 1.96. The van der Waals surface area contributed by atoms with Crippen molar-refractivity contribution >= 4 is 57.0 Å². The van der Waals surface area contributed by atoms with Gasteiger partial charge in [-0.05, 0) is 84.2 Å². The van der Waals surface area contributed by atoms with E-state index in [0.29, 0.717) is 0 Å². The Balaban J connectivity index is 2.70. The molecule has 0 unspecified atom stereocenters. The summed E-state index contributed by atoms with van der Waals surface area (Å²) in [6, 6.07) is 5.82. The number of halogens is 2. The van der Waals surface area contributed by atoms with Crippen LogP contribution in [0.15, 0.2) is 18.2 Å². The molecule has 0 aliphatic heterocycles. The van der Waals surface area contributed by atoms with Gasteiger partial charge in [-0.1, -0.05) is 0 Å². The van der Waals surface area contributed by atoms with Crippen LogP contribution in [0.25, 0.3) is 0 Å². The lowest BCUT2D eigenvalue weighted by atomic mass is 10.2. The smallest absolute Gasteiger partial charge is 0.412 e. The Morgan fingerprint density at radius 3 is 2.12 bits per heavy atom. The minimum atomic E-state index is -0.473. The molecule has 1 rings (SSSR count). The summed E-state index contributed by atoms with van der Waals surface area (Å²) in [7, 11) is 0. The minimum absolute atomic E-state index is 0.426. The van der Waals surface area contributed by atoms with Gasteiger partial charge in [-0.3, -0.25) is 5.32 Å². The van der Waals surface area contributed by atoms with Crippen molar-refractivity contribution in [1.29, 1.82) is 0 Å². The molecule has 5 heteroatoms. The molecule has 1 aromatic carbocycles. The highest BCUT2D eigenvalue weighted by Crippen LogP contribution is 2.19. The van der Waals surface area contributed by atoms with Crippen LogP contribution in [-0.2, 0) is 4.74 Å². The average molecular weight is 445 g/mol. The molecule has 0 atom stereocenters. The number of amides is 1. The molecule has 0 heterocycles. The summed E-state index contributed by atoms with van der Waals surface area (Å²) < 4.78 is 7.32. The fourth-order valence-electron chi connectivity index (χ4n) is 1.05. The maximum atomic E-state index is 11.5. The predicted molar refractivity (Wildman–Crippen MR) is 81.7 cm³/mol. The molecule has 0 aliphatic carbocycles. The van der Waals surface area contributed by atoms with E-state index < -0.39 is 11.7 Å². The first-order valence-corrected chi connectivity index (χ1v) is 6.88. The number of hydrogen-bond acceptors (Lipinski definition) is 2. The van der Waals surface area contributed by atoms with Crippen molar-refractivity contribution in [2.45, 2.75) is 26.4 Å². The van der Waals surface area contributed by atoms with Crippen LogP contribution in [0.3, 0.4) is 0 Å². The van der Waals surface area contributed by atoms with E-state index in [-0.39, 0.29) is 0 Å². The lowest BCUT2D eigenvalue weighted by molar-refractivity contribution is 0.0636. The Morgan fingerprint density at radius 1 is 1.19 bits per heavy atom. The zero-order valence-corrected chi connectivity index (χ0v) is 13.6. The van der Waals surface area contributed by atoms with Gasteiger partial charge < -0.3 is 4.74 Å². The summed E-state index contributed by atoms with van der Waals surface area (Å²) >= 11 is 4.42. The fourth-order valence-corrected chi connectivity index (χ4v) is 2.99. The third-order valence-corrected chi connectivity index (χ3v) is 2.75. The third kappa shape index (κ3) is 5.33. The number of rotatable bonds is 1. The van der Waals surface area contributed by atoms with Gasteiger partial charge in [0.15, 0.2) is 0 Å². The minimum Gasteiger partial charge on any atom is -0.444 e. The normalized spacial score (nSPS) is 11.1. The van der Waals surface area contributed by atoms with Crippen molar-refractivity contribution < 1.29 is 9.53 Å². The molecule has 0 saturated carbocycles. The van der Waals surface area contributed by atoms with Crippen LogP contribution in [-0.4, -0.2) is 11.7 Å². The van der Waals surface area contributed by atoms with Crippen LogP contribution in [0.1, 0.15) is 20.8 Å². The van der Waals surface area contributed by atoms with Crippen LogP contribution >= 0.6 is 45.2 Å². The summed E-state index contributed by atoms with van der Waals surface area (Å²) in [4.78, 5) is 11.5. The lowest BCUT2D eigenvalue weighted by Gasteiger charge is -2.19. The SMILES string of the molecule is CC(C)(C)OC(=O)Nc1cc(I)cc(I)c1. The quantitative estimate of drug-likeness (QED) is 0.658. The first kappa shape index (κ1) is 14.0. The predicted octanol–water partition coefficient (Wildman–Crippen LogP) is 4.24. The van der Waals surface area contributed by atoms with Gasteiger partial charge in [0, 0.05) is 12.8 Å². The first-order chi connectivity index (χ1) is 7.26. The van der Waals surface area contributed by atoms with E-state index in [1.807, 2.05) is 39.0 Å². The van der Waals surface area contributed by atoms with E-state index in [2.05, 4.69) is 50.5 Å². The summed E-state index contributed by atoms with van der Waals surface area (Å²) in [6.07, 6.45) is -0.426. The highest BCUT2D eigenvalue weighted by Gasteiger charge is 2.16. The summed E-state index contributed by atoms with van der Waals surface area (Å²) in [5.74, 6) is 0. The van der Waals surface area contributed by atoms with Crippen molar-refractivity contribution in [3.8, 4) is 0 Å². The molecule has 88 valence electrons. The molecule has 0 radical (unpaired) electrons. The van der Waals surface area contributed by atoms with Crippen molar-refractivity contribution in [2.24, 2.45) is 0 Å². The Labute approximate surface area is 123 Å².